The fraction of sp³-hybridized carbons (Fsp3) is 0.381. The van der Waals surface area contributed by atoms with Crippen molar-refractivity contribution in [2.45, 2.75) is 19.6 Å². The van der Waals surface area contributed by atoms with Crippen LogP contribution < -0.4 is 9.47 Å². The number of aromatic nitrogens is 1. The molecule has 1 aromatic heterocycles. The van der Waals surface area contributed by atoms with Crippen LogP contribution in [-0.4, -0.2) is 61.3 Å². The molecule has 0 radical (unpaired) electrons. The summed E-state index contributed by atoms with van der Waals surface area (Å²) < 4.78 is 21.4. The minimum atomic E-state index is -0.459. The van der Waals surface area contributed by atoms with Crippen LogP contribution in [0.15, 0.2) is 42.7 Å². The molecule has 1 unspecified atom stereocenters. The molecular formula is C21H24N2O6. The number of rotatable bonds is 7. The van der Waals surface area contributed by atoms with Crippen molar-refractivity contribution in [1.29, 1.82) is 0 Å². The summed E-state index contributed by atoms with van der Waals surface area (Å²) in [5.41, 5.74) is 1.39. The van der Waals surface area contributed by atoms with Gasteiger partial charge in [-0.25, -0.2) is 4.79 Å². The Morgan fingerprint density at radius 3 is 2.90 bits per heavy atom. The summed E-state index contributed by atoms with van der Waals surface area (Å²) in [5.74, 6) is 0.236. The zero-order valence-corrected chi connectivity index (χ0v) is 16.5. The first-order chi connectivity index (χ1) is 14.0. The van der Waals surface area contributed by atoms with Gasteiger partial charge in [0.2, 0.25) is 0 Å². The van der Waals surface area contributed by atoms with E-state index >= 15 is 0 Å². The Kier molecular flexibility index (Phi) is 7.15. The molecule has 154 valence electrons. The average Bonchev–Trinajstić information content (AvgIpc) is 2.72. The summed E-state index contributed by atoms with van der Waals surface area (Å²) in [5, 5.41) is 0. The molecule has 8 heteroatoms. The number of esters is 2. The predicted octanol–water partition coefficient (Wildman–Crippen LogP) is 2.07. The molecule has 1 atom stereocenters. The number of methoxy groups -OCH3 is 1. The van der Waals surface area contributed by atoms with E-state index in [4.69, 9.17) is 18.9 Å². The highest BCUT2D eigenvalue weighted by molar-refractivity contribution is 5.89. The van der Waals surface area contributed by atoms with Crippen LogP contribution >= 0.6 is 0 Å². The Morgan fingerprint density at radius 1 is 1.24 bits per heavy atom. The van der Waals surface area contributed by atoms with E-state index in [0.717, 1.165) is 12.1 Å². The molecule has 3 rings (SSSR count). The number of carbonyl (C=O) groups excluding carboxylic acids is 2. The van der Waals surface area contributed by atoms with Gasteiger partial charge < -0.3 is 18.9 Å². The topological polar surface area (TPSA) is 87.2 Å². The third-order valence-corrected chi connectivity index (χ3v) is 4.36. The van der Waals surface area contributed by atoms with Gasteiger partial charge in [-0.3, -0.25) is 14.7 Å². The molecule has 2 heterocycles. The van der Waals surface area contributed by atoms with E-state index in [9.17, 15) is 9.59 Å². The maximum Gasteiger partial charge on any atom is 0.339 e. The van der Waals surface area contributed by atoms with Gasteiger partial charge in [-0.2, -0.15) is 0 Å². The maximum atomic E-state index is 11.6. The lowest BCUT2D eigenvalue weighted by Gasteiger charge is -2.32. The van der Waals surface area contributed by atoms with Crippen molar-refractivity contribution in [1.82, 2.24) is 9.88 Å². The van der Waals surface area contributed by atoms with Gasteiger partial charge >= 0.3 is 11.9 Å². The zero-order chi connectivity index (χ0) is 20.6. The number of carbonyl (C=O) groups is 2. The number of morpholine rings is 1. The van der Waals surface area contributed by atoms with Crippen LogP contribution in [0.2, 0.25) is 0 Å². The van der Waals surface area contributed by atoms with E-state index in [-0.39, 0.29) is 12.1 Å². The number of pyridine rings is 1. The van der Waals surface area contributed by atoms with E-state index in [1.54, 1.807) is 18.3 Å². The first kappa shape index (κ1) is 20.8. The van der Waals surface area contributed by atoms with Crippen LogP contribution in [0.25, 0.3) is 0 Å². The van der Waals surface area contributed by atoms with Gasteiger partial charge in [0.05, 0.1) is 25.5 Å². The summed E-state index contributed by atoms with van der Waals surface area (Å²) >= 11 is 0. The minimum absolute atomic E-state index is 0.109. The number of hydrogen-bond acceptors (Lipinski definition) is 8. The second kappa shape index (κ2) is 9.99. The molecule has 0 saturated carbocycles. The molecule has 8 nitrogen and oxygen atoms in total. The molecule has 1 aliphatic rings. The van der Waals surface area contributed by atoms with E-state index < -0.39 is 5.97 Å². The molecule has 29 heavy (non-hydrogen) atoms. The average molecular weight is 400 g/mol. The first-order valence-corrected chi connectivity index (χ1v) is 9.31. The van der Waals surface area contributed by atoms with Crippen molar-refractivity contribution < 1.29 is 28.5 Å². The van der Waals surface area contributed by atoms with Crippen LogP contribution in [0.4, 0.5) is 0 Å². The van der Waals surface area contributed by atoms with Crippen molar-refractivity contribution in [3.8, 4) is 11.5 Å². The Morgan fingerprint density at radius 2 is 2.10 bits per heavy atom. The van der Waals surface area contributed by atoms with Gasteiger partial charge in [-0.15, -0.1) is 0 Å². The van der Waals surface area contributed by atoms with Crippen molar-refractivity contribution in [2.75, 3.05) is 33.4 Å². The van der Waals surface area contributed by atoms with Crippen molar-refractivity contribution in [3.05, 3.63) is 53.9 Å². The molecule has 0 amide bonds. The lowest BCUT2D eigenvalue weighted by atomic mass is 10.2. The van der Waals surface area contributed by atoms with Gasteiger partial charge in [-0.05, 0) is 23.8 Å². The summed E-state index contributed by atoms with van der Waals surface area (Å²) in [7, 11) is 1.32. The highest BCUT2D eigenvalue weighted by Gasteiger charge is 2.21. The standard InChI is InChI=1S/C21H24N2O6/c1-15(24)29-18-5-3-4-16(8-18)12-23-6-7-27-20(13-23)14-28-19-9-17(10-22-11-19)21(25)26-2/h3-5,8-11,20H,6-7,12-14H2,1-2H3. The van der Waals surface area contributed by atoms with Crippen LogP contribution in [0.1, 0.15) is 22.8 Å². The third kappa shape index (κ3) is 6.27. The SMILES string of the molecule is COC(=O)c1cncc(OCC2CN(Cc3cccc(OC(C)=O)c3)CCO2)c1. The van der Waals surface area contributed by atoms with Gasteiger partial charge in [0.25, 0.3) is 0 Å². The summed E-state index contributed by atoms with van der Waals surface area (Å²) in [4.78, 5) is 29.0. The maximum absolute atomic E-state index is 11.6. The highest BCUT2D eigenvalue weighted by atomic mass is 16.5. The summed E-state index contributed by atoms with van der Waals surface area (Å²) in [6, 6.07) is 9.09. The lowest BCUT2D eigenvalue weighted by molar-refractivity contribution is -0.131. The zero-order valence-electron chi connectivity index (χ0n) is 16.5. The highest BCUT2D eigenvalue weighted by Crippen LogP contribution is 2.18. The second-order valence-corrected chi connectivity index (χ2v) is 6.68. The molecule has 1 aromatic carbocycles. The summed E-state index contributed by atoms with van der Waals surface area (Å²) in [6.45, 7) is 4.54. The quantitative estimate of drug-likeness (QED) is 0.516. The largest absolute Gasteiger partial charge is 0.489 e. The van der Waals surface area contributed by atoms with Crippen molar-refractivity contribution in [2.24, 2.45) is 0 Å². The second-order valence-electron chi connectivity index (χ2n) is 6.68. The van der Waals surface area contributed by atoms with Gasteiger partial charge in [0.1, 0.15) is 24.2 Å². The van der Waals surface area contributed by atoms with Crippen LogP contribution in [-0.2, 0) is 20.8 Å². The van der Waals surface area contributed by atoms with Gasteiger partial charge in [0, 0.05) is 32.8 Å². The van der Waals surface area contributed by atoms with Gasteiger partial charge in [0.15, 0.2) is 0 Å². The van der Waals surface area contributed by atoms with Crippen LogP contribution in [0.3, 0.4) is 0 Å². The molecule has 2 aromatic rings. The van der Waals surface area contributed by atoms with Crippen molar-refractivity contribution >= 4 is 11.9 Å². The van der Waals surface area contributed by atoms with E-state index in [1.165, 1.54) is 20.2 Å². The lowest BCUT2D eigenvalue weighted by Crippen LogP contribution is -2.44. The monoisotopic (exact) mass is 400 g/mol. The molecule has 1 aliphatic heterocycles. The Hall–Kier alpha value is -2.97. The van der Waals surface area contributed by atoms with E-state index in [2.05, 4.69) is 9.88 Å². The van der Waals surface area contributed by atoms with E-state index in [1.807, 2.05) is 18.2 Å². The normalized spacial score (nSPS) is 16.8. The number of benzene rings is 1. The number of hydrogen-bond donors (Lipinski definition) is 0. The third-order valence-electron chi connectivity index (χ3n) is 4.36. The molecular weight excluding hydrogens is 376 g/mol. The Bertz CT molecular complexity index is 857. The molecule has 0 aliphatic carbocycles. The fourth-order valence-electron chi connectivity index (χ4n) is 3.07. The Labute approximate surface area is 169 Å². The smallest absolute Gasteiger partial charge is 0.339 e. The molecule has 0 bridgehead atoms. The summed E-state index contributed by atoms with van der Waals surface area (Å²) in [6.07, 6.45) is 2.87. The molecule has 1 fully saturated rings. The first-order valence-electron chi connectivity index (χ1n) is 9.31. The van der Waals surface area contributed by atoms with Crippen molar-refractivity contribution in [3.63, 3.8) is 0 Å². The predicted molar refractivity (Wildman–Crippen MR) is 104 cm³/mol. The fourth-order valence-corrected chi connectivity index (χ4v) is 3.07. The molecule has 1 saturated heterocycles. The van der Waals surface area contributed by atoms with Gasteiger partial charge in [-0.1, -0.05) is 12.1 Å². The molecule has 0 N–H and O–H groups in total. The number of nitrogens with zero attached hydrogens (tertiary/aromatic N) is 2. The molecule has 0 spiro atoms. The minimum Gasteiger partial charge on any atom is -0.489 e. The Balaban J connectivity index is 1.53. The van der Waals surface area contributed by atoms with Crippen LogP contribution in [0, 0.1) is 0 Å². The number of ether oxygens (including phenoxy) is 4. The van der Waals surface area contributed by atoms with E-state index in [0.29, 0.717) is 43.4 Å². The van der Waals surface area contributed by atoms with Crippen LogP contribution in [0.5, 0.6) is 11.5 Å².